The van der Waals surface area contributed by atoms with Crippen LogP contribution in [0.15, 0.2) is 11.1 Å². The molecule has 0 bridgehead atoms. The quantitative estimate of drug-likeness (QED) is 0.712. The molecule has 0 saturated carbocycles. The monoisotopic (exact) mass is 178 g/mol. The summed E-state index contributed by atoms with van der Waals surface area (Å²) in [7, 11) is 1.36. The van der Waals surface area contributed by atoms with Gasteiger partial charge in [0.15, 0.2) is 6.10 Å². The van der Waals surface area contributed by atoms with Crippen LogP contribution in [0.4, 0.5) is 0 Å². The van der Waals surface area contributed by atoms with Gasteiger partial charge >= 0.3 is 5.97 Å². The van der Waals surface area contributed by atoms with Gasteiger partial charge < -0.3 is 9.84 Å². The molecule has 0 aromatic heterocycles. The van der Waals surface area contributed by atoms with Crippen molar-refractivity contribution in [2.45, 2.75) is 19.4 Å². The number of rotatable bonds is 4. The molecule has 0 amide bonds. The van der Waals surface area contributed by atoms with Crippen molar-refractivity contribution >= 4 is 17.6 Å². The van der Waals surface area contributed by atoms with Crippen LogP contribution in [-0.4, -0.2) is 24.3 Å². The van der Waals surface area contributed by atoms with Crippen molar-refractivity contribution in [1.82, 2.24) is 0 Å². The third-order valence-corrected chi connectivity index (χ3v) is 1.63. The summed E-state index contributed by atoms with van der Waals surface area (Å²) < 4.78 is 4.69. The van der Waals surface area contributed by atoms with Crippen LogP contribution < -0.4 is 0 Å². The number of hydrogen-bond donors (Lipinski definition) is 1. The van der Waals surface area contributed by atoms with Gasteiger partial charge in [-0.2, -0.15) is 0 Å². The number of halogens is 1. The Morgan fingerprint density at radius 2 is 2.36 bits per heavy atom. The topological polar surface area (TPSA) is 46.5 Å². The number of carbonyl (C=O) groups is 1. The molecular weight excluding hydrogens is 168 g/mol. The molecule has 0 aliphatic rings. The summed E-state index contributed by atoms with van der Waals surface area (Å²) in [5.41, 5.74) is 2.15. The Hall–Kier alpha value is -0.540. The van der Waals surface area contributed by atoms with Gasteiger partial charge in [0.25, 0.3) is 0 Å². The number of carboxylic acid groups (broad SMARTS) is 1. The van der Waals surface area contributed by atoms with E-state index in [0.717, 1.165) is 5.57 Å². The molecule has 3 nitrogen and oxygen atoms in total. The van der Waals surface area contributed by atoms with Crippen molar-refractivity contribution in [1.29, 1.82) is 0 Å². The predicted molar refractivity (Wildman–Crippen MR) is 42.7 cm³/mol. The zero-order valence-electron chi connectivity index (χ0n) is 6.50. The van der Waals surface area contributed by atoms with E-state index in [1.54, 1.807) is 6.92 Å². The molecule has 0 fully saturated rings. The number of hydrogen-bond acceptors (Lipinski definition) is 2. The largest absolute Gasteiger partial charge is 0.479 e. The molecule has 11 heavy (non-hydrogen) atoms. The normalized spacial score (nSPS) is 14.6. The van der Waals surface area contributed by atoms with Crippen LogP contribution in [0.25, 0.3) is 0 Å². The van der Waals surface area contributed by atoms with Gasteiger partial charge in [-0.05, 0) is 6.92 Å². The van der Waals surface area contributed by atoms with E-state index >= 15 is 0 Å². The van der Waals surface area contributed by atoms with E-state index in [2.05, 4.69) is 4.74 Å². The maximum absolute atomic E-state index is 10.4. The molecule has 1 N–H and O–H groups in total. The van der Waals surface area contributed by atoms with Crippen molar-refractivity contribution in [2.75, 3.05) is 7.11 Å². The fraction of sp³-hybridized carbons (Fsp3) is 0.571. The van der Waals surface area contributed by atoms with Crippen molar-refractivity contribution < 1.29 is 14.6 Å². The average Bonchev–Trinajstić information content (AvgIpc) is 1.99. The summed E-state index contributed by atoms with van der Waals surface area (Å²) in [6.45, 7) is 1.75. The van der Waals surface area contributed by atoms with Gasteiger partial charge in [0.05, 0.1) is 0 Å². The van der Waals surface area contributed by atoms with Gasteiger partial charge in [-0.15, -0.1) is 0 Å². The van der Waals surface area contributed by atoms with Crippen LogP contribution in [0.3, 0.4) is 0 Å². The van der Waals surface area contributed by atoms with E-state index in [0.29, 0.717) is 6.42 Å². The third-order valence-electron chi connectivity index (χ3n) is 1.25. The summed E-state index contributed by atoms with van der Waals surface area (Å²) in [5.74, 6) is -0.967. The Balaban J connectivity index is 3.98. The summed E-state index contributed by atoms with van der Waals surface area (Å²) in [6.07, 6.45) is -0.458. The second-order valence-corrected chi connectivity index (χ2v) is 2.44. The lowest BCUT2D eigenvalue weighted by Crippen LogP contribution is -2.22. The molecule has 0 aliphatic carbocycles. The van der Waals surface area contributed by atoms with Crippen LogP contribution in [0, 0.1) is 0 Å². The minimum Gasteiger partial charge on any atom is -0.479 e. The fourth-order valence-corrected chi connectivity index (χ4v) is 0.698. The smallest absolute Gasteiger partial charge is 0.333 e. The molecule has 0 aliphatic heterocycles. The zero-order chi connectivity index (χ0) is 8.85. The SMILES string of the molecule is COC(C/C(C)=C/Cl)C(=O)O. The molecule has 0 spiro atoms. The average molecular weight is 179 g/mol. The standard InChI is InChI=1S/C7H11ClO3/c1-5(4-8)3-6(11-2)7(9)10/h4,6H,3H2,1-2H3,(H,9,10)/b5-4+. The van der Waals surface area contributed by atoms with E-state index in [1.165, 1.54) is 12.6 Å². The van der Waals surface area contributed by atoms with Crippen LogP contribution in [0.5, 0.6) is 0 Å². The molecule has 64 valence electrons. The van der Waals surface area contributed by atoms with Crippen LogP contribution in [-0.2, 0) is 9.53 Å². The molecule has 0 rings (SSSR count). The molecular formula is C7H11ClO3. The second-order valence-electron chi connectivity index (χ2n) is 2.22. The first kappa shape index (κ1) is 10.5. The van der Waals surface area contributed by atoms with Crippen molar-refractivity contribution in [2.24, 2.45) is 0 Å². The van der Waals surface area contributed by atoms with E-state index in [-0.39, 0.29) is 0 Å². The lowest BCUT2D eigenvalue weighted by atomic mass is 10.1. The van der Waals surface area contributed by atoms with E-state index < -0.39 is 12.1 Å². The van der Waals surface area contributed by atoms with Crippen molar-refractivity contribution in [3.8, 4) is 0 Å². The number of aliphatic carboxylic acids is 1. The van der Waals surface area contributed by atoms with Gasteiger partial charge in [-0.3, -0.25) is 0 Å². The van der Waals surface area contributed by atoms with Crippen LogP contribution in [0.2, 0.25) is 0 Å². The molecule has 0 heterocycles. The van der Waals surface area contributed by atoms with Gasteiger partial charge in [0.1, 0.15) is 0 Å². The van der Waals surface area contributed by atoms with E-state index in [9.17, 15) is 4.79 Å². The molecule has 0 aromatic carbocycles. The highest BCUT2D eigenvalue weighted by Gasteiger charge is 2.15. The molecule has 1 unspecified atom stereocenters. The van der Waals surface area contributed by atoms with Gasteiger partial charge in [-0.1, -0.05) is 17.2 Å². The Labute approximate surface area is 70.6 Å². The molecule has 0 aromatic rings. The van der Waals surface area contributed by atoms with Crippen LogP contribution in [0.1, 0.15) is 13.3 Å². The summed E-state index contributed by atoms with van der Waals surface area (Å²) in [6, 6.07) is 0. The number of methoxy groups -OCH3 is 1. The summed E-state index contributed by atoms with van der Waals surface area (Å²) >= 11 is 5.35. The molecule has 0 saturated heterocycles. The van der Waals surface area contributed by atoms with Gasteiger partial charge in [0, 0.05) is 19.1 Å². The van der Waals surface area contributed by atoms with Gasteiger partial charge in [-0.25, -0.2) is 4.79 Å². The fourth-order valence-electron chi connectivity index (χ4n) is 0.608. The lowest BCUT2D eigenvalue weighted by molar-refractivity contribution is -0.148. The second kappa shape index (κ2) is 5.16. The van der Waals surface area contributed by atoms with E-state index in [1.807, 2.05) is 0 Å². The maximum Gasteiger partial charge on any atom is 0.333 e. The summed E-state index contributed by atoms with van der Waals surface area (Å²) in [4.78, 5) is 10.4. The highest BCUT2D eigenvalue weighted by molar-refractivity contribution is 6.25. The van der Waals surface area contributed by atoms with Crippen molar-refractivity contribution in [3.63, 3.8) is 0 Å². The maximum atomic E-state index is 10.4. The highest BCUT2D eigenvalue weighted by Crippen LogP contribution is 2.08. The first-order chi connectivity index (χ1) is 5.11. The predicted octanol–water partition coefficient (Wildman–Crippen LogP) is 1.62. The summed E-state index contributed by atoms with van der Waals surface area (Å²) in [5, 5.41) is 8.52. The first-order valence-electron chi connectivity index (χ1n) is 3.13. The first-order valence-corrected chi connectivity index (χ1v) is 3.57. The molecule has 4 heteroatoms. The Kier molecular flexibility index (Phi) is 4.90. The third kappa shape index (κ3) is 4.01. The lowest BCUT2D eigenvalue weighted by Gasteiger charge is -2.08. The van der Waals surface area contributed by atoms with Gasteiger partial charge in [0.2, 0.25) is 0 Å². The van der Waals surface area contributed by atoms with Crippen LogP contribution >= 0.6 is 11.6 Å². The number of carboxylic acids is 1. The highest BCUT2D eigenvalue weighted by atomic mass is 35.5. The zero-order valence-corrected chi connectivity index (χ0v) is 7.26. The Bertz CT molecular complexity index is 165. The minimum atomic E-state index is -0.967. The minimum absolute atomic E-state index is 0.329. The molecule has 1 atom stereocenters. The Morgan fingerprint density at radius 3 is 2.64 bits per heavy atom. The Morgan fingerprint density at radius 1 is 1.82 bits per heavy atom. The number of ether oxygens (including phenoxy) is 1. The van der Waals surface area contributed by atoms with Crippen molar-refractivity contribution in [3.05, 3.63) is 11.1 Å². The molecule has 0 radical (unpaired) electrons. The van der Waals surface area contributed by atoms with E-state index in [4.69, 9.17) is 16.7 Å².